The fourth-order valence-electron chi connectivity index (χ4n) is 8.42. The molecule has 4 fully saturated rings. The molecule has 0 aromatic heterocycles. The second kappa shape index (κ2) is 11.8. The molecule has 1 aromatic rings. The number of carboxylic acids is 2. The molecule has 4 unspecified atom stereocenters. The number of rotatable bonds is 6. The van der Waals surface area contributed by atoms with Gasteiger partial charge in [0.25, 0.3) is 0 Å². The Kier molecular flexibility index (Phi) is 8.43. The van der Waals surface area contributed by atoms with Crippen molar-refractivity contribution < 1.29 is 69.4 Å². The average Bonchev–Trinajstić information content (AvgIpc) is 3.32. The zero-order valence-corrected chi connectivity index (χ0v) is 24.1. The first-order valence-electron chi connectivity index (χ1n) is 15.1. The van der Waals surface area contributed by atoms with Crippen LogP contribution >= 0.6 is 0 Å². The first-order chi connectivity index (χ1) is 20.8. The van der Waals surface area contributed by atoms with Gasteiger partial charge in [0, 0.05) is 0 Å². The van der Waals surface area contributed by atoms with Crippen molar-refractivity contribution in [2.24, 2.45) is 17.3 Å². The van der Waals surface area contributed by atoms with E-state index >= 15 is 0 Å². The van der Waals surface area contributed by atoms with Crippen molar-refractivity contribution in [3.8, 4) is 5.75 Å². The van der Waals surface area contributed by atoms with Crippen LogP contribution in [0.15, 0.2) is 18.2 Å². The maximum absolute atomic E-state index is 11.5. The van der Waals surface area contributed by atoms with Crippen molar-refractivity contribution in [2.75, 3.05) is 0 Å². The number of aliphatic carboxylic acids is 2. The van der Waals surface area contributed by atoms with Gasteiger partial charge in [-0.1, -0.05) is 13.0 Å². The smallest absolute Gasteiger partial charge is 0.335 e. The molecular weight excluding hydrogens is 584 g/mol. The molecule has 44 heavy (non-hydrogen) atoms. The Morgan fingerprint density at radius 3 is 2.05 bits per heavy atom. The summed E-state index contributed by atoms with van der Waals surface area (Å²) in [5.74, 6) is -1.71. The number of hydrogen-bond acceptors (Lipinski definition) is 12. The summed E-state index contributed by atoms with van der Waals surface area (Å²) in [6, 6.07) is 5.52. The van der Waals surface area contributed by atoms with E-state index in [1.807, 2.05) is 12.1 Å². The molecular formula is C30H40O14. The Bertz CT molecular complexity index is 1260. The Morgan fingerprint density at radius 1 is 0.795 bits per heavy atom. The van der Waals surface area contributed by atoms with Gasteiger partial charge in [0.1, 0.15) is 42.4 Å². The zero-order chi connectivity index (χ0) is 31.7. The van der Waals surface area contributed by atoms with Crippen molar-refractivity contribution in [3.63, 3.8) is 0 Å². The van der Waals surface area contributed by atoms with Crippen LogP contribution < -0.4 is 4.74 Å². The summed E-state index contributed by atoms with van der Waals surface area (Å²) in [6.07, 6.45) is -12.2. The van der Waals surface area contributed by atoms with Crippen LogP contribution in [0.25, 0.3) is 0 Å². The fourth-order valence-corrected chi connectivity index (χ4v) is 8.42. The van der Waals surface area contributed by atoms with Crippen LogP contribution in [-0.2, 0) is 30.2 Å². The number of hydrogen-bond donors (Lipinski definition) is 8. The molecule has 5 aliphatic rings. The lowest BCUT2D eigenvalue weighted by Crippen LogP contribution is -2.61. The third-order valence-corrected chi connectivity index (χ3v) is 10.8. The summed E-state index contributed by atoms with van der Waals surface area (Å²) >= 11 is 0. The van der Waals surface area contributed by atoms with Gasteiger partial charge < -0.3 is 59.8 Å². The van der Waals surface area contributed by atoms with Crippen LogP contribution in [0.2, 0.25) is 0 Å². The summed E-state index contributed by atoms with van der Waals surface area (Å²) in [7, 11) is 0. The number of benzene rings is 1. The van der Waals surface area contributed by atoms with Crippen LogP contribution in [0.1, 0.15) is 56.1 Å². The van der Waals surface area contributed by atoms with Gasteiger partial charge in [-0.3, -0.25) is 0 Å². The Labute approximate surface area is 252 Å². The zero-order valence-electron chi connectivity index (χ0n) is 24.1. The van der Waals surface area contributed by atoms with Crippen LogP contribution in [0.4, 0.5) is 0 Å². The number of aryl methyl sites for hydroxylation is 1. The van der Waals surface area contributed by atoms with Crippen molar-refractivity contribution in [1.82, 2.24) is 0 Å². The van der Waals surface area contributed by atoms with Gasteiger partial charge in [-0.15, -0.1) is 0 Å². The molecule has 0 spiro atoms. The summed E-state index contributed by atoms with van der Waals surface area (Å²) in [4.78, 5) is 23.0. The van der Waals surface area contributed by atoms with E-state index in [9.17, 15) is 50.4 Å². The number of aliphatic hydroxyl groups is 6. The highest BCUT2D eigenvalue weighted by molar-refractivity contribution is 5.73. The van der Waals surface area contributed by atoms with Gasteiger partial charge in [-0.25, -0.2) is 9.59 Å². The summed E-state index contributed by atoms with van der Waals surface area (Å²) in [6.45, 7) is 2.15. The maximum Gasteiger partial charge on any atom is 0.335 e. The molecule has 15 atom stereocenters. The van der Waals surface area contributed by atoms with Crippen molar-refractivity contribution in [3.05, 3.63) is 29.3 Å². The minimum absolute atomic E-state index is 0.263. The molecule has 244 valence electrons. The van der Waals surface area contributed by atoms with Gasteiger partial charge in [0.2, 0.25) is 6.29 Å². The molecule has 2 saturated heterocycles. The molecule has 2 saturated carbocycles. The highest BCUT2D eigenvalue weighted by atomic mass is 16.7. The highest BCUT2D eigenvalue weighted by Crippen LogP contribution is 2.62. The lowest BCUT2D eigenvalue weighted by atomic mass is 9.55. The number of aliphatic hydroxyl groups excluding tert-OH is 6. The number of carbonyl (C=O) groups is 2. The van der Waals surface area contributed by atoms with E-state index in [1.54, 1.807) is 6.07 Å². The van der Waals surface area contributed by atoms with Gasteiger partial charge in [0.15, 0.2) is 18.5 Å². The first-order valence-corrected chi connectivity index (χ1v) is 15.1. The molecule has 14 heteroatoms. The molecule has 6 rings (SSSR count). The van der Waals surface area contributed by atoms with Gasteiger partial charge >= 0.3 is 11.9 Å². The summed E-state index contributed by atoms with van der Waals surface area (Å²) < 4.78 is 22.6. The van der Waals surface area contributed by atoms with Gasteiger partial charge in [-0.05, 0) is 85.0 Å². The third-order valence-electron chi connectivity index (χ3n) is 10.8. The molecule has 3 aliphatic carbocycles. The Balaban J connectivity index is 1.14. The number of carboxylic acid groups (broad SMARTS) is 2. The predicted octanol–water partition coefficient (Wildman–Crippen LogP) is -0.909. The lowest BCUT2D eigenvalue weighted by molar-refractivity contribution is -0.312. The number of ether oxygens (including phenoxy) is 4. The second-order valence-corrected chi connectivity index (χ2v) is 13.1. The lowest BCUT2D eigenvalue weighted by Gasteiger charge is -2.51. The Hall–Kier alpha value is -2.40. The van der Waals surface area contributed by atoms with Gasteiger partial charge in [-0.2, -0.15) is 0 Å². The molecule has 0 radical (unpaired) electrons. The van der Waals surface area contributed by atoms with Crippen LogP contribution in [0.3, 0.4) is 0 Å². The normalized spacial score (nSPS) is 46.8. The van der Waals surface area contributed by atoms with E-state index in [1.165, 1.54) is 5.56 Å². The molecule has 2 aliphatic heterocycles. The molecule has 8 N–H and O–H groups in total. The predicted molar refractivity (Wildman–Crippen MR) is 145 cm³/mol. The molecule has 1 aromatic carbocycles. The van der Waals surface area contributed by atoms with E-state index in [0.717, 1.165) is 37.7 Å². The third kappa shape index (κ3) is 5.19. The molecule has 0 amide bonds. The van der Waals surface area contributed by atoms with E-state index in [-0.39, 0.29) is 23.4 Å². The van der Waals surface area contributed by atoms with Crippen LogP contribution in [0, 0.1) is 17.3 Å². The molecule has 14 nitrogen and oxygen atoms in total. The topological polar surface area (TPSA) is 233 Å². The quantitative estimate of drug-likeness (QED) is 0.192. The van der Waals surface area contributed by atoms with E-state index in [4.69, 9.17) is 18.9 Å². The van der Waals surface area contributed by atoms with Crippen LogP contribution in [-0.4, -0.2) is 120 Å². The minimum Gasteiger partial charge on any atom is -0.479 e. The Morgan fingerprint density at radius 2 is 1.41 bits per heavy atom. The van der Waals surface area contributed by atoms with E-state index in [0.29, 0.717) is 18.1 Å². The monoisotopic (exact) mass is 624 g/mol. The summed E-state index contributed by atoms with van der Waals surface area (Å²) in [5, 5.41) is 79.9. The first kappa shape index (κ1) is 31.6. The van der Waals surface area contributed by atoms with Gasteiger partial charge in [0.05, 0.1) is 6.10 Å². The fraction of sp³-hybridized carbons (Fsp3) is 0.733. The maximum atomic E-state index is 11.5. The van der Waals surface area contributed by atoms with Crippen molar-refractivity contribution in [2.45, 2.75) is 119 Å². The number of fused-ring (bicyclic) bond motifs is 5. The van der Waals surface area contributed by atoms with Crippen molar-refractivity contribution in [1.29, 1.82) is 0 Å². The SMILES string of the molecule is C[C@]12CCC3c4ccc(O[C@@H]5O[C@H](C(=O)O)[C@@H](O)[C@H](O)[C@H]5O)cc4CCC3C1CCC2O[C@@H]1O[C@H](C(=O)O)[C@@H](O)[C@H](O)[C@H]1O. The summed E-state index contributed by atoms with van der Waals surface area (Å²) in [5.41, 5.74) is 1.96. The minimum atomic E-state index is -1.80. The molecule has 2 heterocycles. The van der Waals surface area contributed by atoms with E-state index in [2.05, 4.69) is 6.92 Å². The van der Waals surface area contributed by atoms with Crippen LogP contribution in [0.5, 0.6) is 5.75 Å². The van der Waals surface area contributed by atoms with E-state index < -0.39 is 73.4 Å². The standard InChI is InChI=1S/C30H40O14/c1-30-9-8-14-13-5-3-12(41-28-22(35)18(31)20(33)24(43-28)26(37)38)10-11(13)2-4-15(14)16(30)6-7-17(30)42-29-23(36)19(32)21(34)25(44-29)27(39)40/h3,5,10,14-25,28-29,31-36H,2,4,6-9H2,1H3,(H,37,38)(H,39,40)/t14?,15?,16?,17?,18-,19-,20-,21-,22+,23+,24-,25-,28+,29+,30-/m0/s1. The second-order valence-electron chi connectivity index (χ2n) is 13.1. The highest BCUT2D eigenvalue weighted by Gasteiger charge is 2.57. The van der Waals surface area contributed by atoms with Crippen molar-refractivity contribution >= 4 is 11.9 Å². The molecule has 0 bridgehead atoms. The largest absolute Gasteiger partial charge is 0.479 e. The average molecular weight is 625 g/mol.